The minimum absolute atomic E-state index is 0.0544. The van der Waals surface area contributed by atoms with E-state index in [9.17, 15) is 4.79 Å². The first-order chi connectivity index (χ1) is 5.29. The molecule has 0 spiro atoms. The second-order valence-corrected chi connectivity index (χ2v) is 3.02. The van der Waals surface area contributed by atoms with E-state index in [1.165, 1.54) is 0 Å². The molecule has 1 unspecified atom stereocenters. The van der Waals surface area contributed by atoms with Crippen LogP contribution in [0.2, 0.25) is 0 Å². The minimum atomic E-state index is -0.743. The van der Waals surface area contributed by atoms with Gasteiger partial charge >= 0.3 is 5.97 Å². The predicted octanol–water partition coefficient (Wildman–Crippen LogP) is -0.456. The van der Waals surface area contributed by atoms with Crippen LogP contribution in [0.15, 0.2) is 0 Å². The molecule has 2 aliphatic heterocycles. The van der Waals surface area contributed by atoms with Crippen LogP contribution in [0.4, 0.5) is 0 Å². The van der Waals surface area contributed by atoms with Crippen molar-refractivity contribution in [1.82, 2.24) is 4.90 Å². The number of carbonyl (C=O) groups is 1. The van der Waals surface area contributed by atoms with E-state index in [4.69, 9.17) is 9.84 Å². The molecule has 2 rings (SSSR count). The van der Waals surface area contributed by atoms with Crippen molar-refractivity contribution in [3.63, 3.8) is 0 Å². The highest BCUT2D eigenvalue weighted by Gasteiger charge is 2.42. The lowest BCUT2D eigenvalue weighted by atomic mass is 10.1. The number of carboxylic acids is 1. The first kappa shape index (κ1) is 7.06. The molecule has 0 saturated carbocycles. The molecule has 2 fully saturated rings. The summed E-state index contributed by atoms with van der Waals surface area (Å²) in [5.41, 5.74) is 0. The minimum Gasteiger partial charge on any atom is -0.480 e. The van der Waals surface area contributed by atoms with E-state index in [2.05, 4.69) is 0 Å². The van der Waals surface area contributed by atoms with Crippen LogP contribution in [0.5, 0.6) is 0 Å². The van der Waals surface area contributed by atoms with Crippen molar-refractivity contribution in [3.8, 4) is 0 Å². The van der Waals surface area contributed by atoms with E-state index in [-0.39, 0.29) is 12.1 Å². The topological polar surface area (TPSA) is 49.8 Å². The Bertz CT molecular complexity index is 167. The number of morpholine rings is 1. The standard InChI is InChI=1S/C7H11NO3/c9-7(10)6-5-1-2-8(6)3-4-11-5/h5-6H,1-4H2,(H,9,10)/t5-,6-/m0/s1. The lowest BCUT2D eigenvalue weighted by molar-refractivity contribution is -0.150. The van der Waals surface area contributed by atoms with Crippen LogP contribution in [0.25, 0.3) is 0 Å². The van der Waals surface area contributed by atoms with Gasteiger partial charge in [-0.3, -0.25) is 9.69 Å². The van der Waals surface area contributed by atoms with Gasteiger partial charge in [0.2, 0.25) is 0 Å². The first-order valence-electron chi connectivity index (χ1n) is 3.87. The molecule has 2 heterocycles. The molecule has 4 heteroatoms. The maximum atomic E-state index is 10.7. The van der Waals surface area contributed by atoms with Crippen LogP contribution < -0.4 is 0 Å². The van der Waals surface area contributed by atoms with E-state index in [1.54, 1.807) is 0 Å². The molecule has 62 valence electrons. The van der Waals surface area contributed by atoms with Gasteiger partial charge in [-0.25, -0.2) is 0 Å². The number of rotatable bonds is 1. The Labute approximate surface area is 64.7 Å². The molecule has 1 N–H and O–H groups in total. The number of aliphatic carboxylic acids is 1. The fraction of sp³-hybridized carbons (Fsp3) is 0.857. The van der Waals surface area contributed by atoms with Gasteiger partial charge in [0.15, 0.2) is 0 Å². The number of nitrogens with zero attached hydrogens (tertiary/aromatic N) is 1. The maximum Gasteiger partial charge on any atom is 0.323 e. The third kappa shape index (κ3) is 1.02. The fourth-order valence-corrected chi connectivity index (χ4v) is 1.89. The number of ether oxygens (including phenoxy) is 1. The van der Waals surface area contributed by atoms with Crippen molar-refractivity contribution in [2.45, 2.75) is 18.6 Å². The van der Waals surface area contributed by atoms with Gasteiger partial charge in [0, 0.05) is 13.1 Å². The highest BCUT2D eigenvalue weighted by molar-refractivity contribution is 5.74. The molecule has 0 amide bonds. The summed E-state index contributed by atoms with van der Waals surface area (Å²) in [6, 6.07) is -0.372. The summed E-state index contributed by atoms with van der Waals surface area (Å²) in [7, 11) is 0. The molecule has 0 aromatic rings. The molecular formula is C7H11NO3. The molecule has 2 saturated heterocycles. The van der Waals surface area contributed by atoms with Crippen molar-refractivity contribution < 1.29 is 14.6 Å². The largest absolute Gasteiger partial charge is 0.480 e. The van der Waals surface area contributed by atoms with Crippen LogP contribution in [0.3, 0.4) is 0 Å². The summed E-state index contributed by atoms with van der Waals surface area (Å²) in [6.45, 7) is 2.34. The van der Waals surface area contributed by atoms with Crippen molar-refractivity contribution in [2.75, 3.05) is 19.7 Å². The van der Waals surface area contributed by atoms with E-state index >= 15 is 0 Å². The fourth-order valence-electron chi connectivity index (χ4n) is 1.89. The summed E-state index contributed by atoms with van der Waals surface area (Å²) in [6.07, 6.45) is 0.818. The van der Waals surface area contributed by atoms with E-state index < -0.39 is 5.97 Å². The molecule has 2 aliphatic rings. The van der Waals surface area contributed by atoms with Crippen molar-refractivity contribution >= 4 is 5.97 Å². The van der Waals surface area contributed by atoms with Gasteiger partial charge in [0.05, 0.1) is 12.7 Å². The normalized spacial score (nSPS) is 42.4. The van der Waals surface area contributed by atoms with Crippen molar-refractivity contribution in [2.24, 2.45) is 0 Å². The van der Waals surface area contributed by atoms with E-state index in [0.717, 1.165) is 19.5 Å². The van der Waals surface area contributed by atoms with Crippen LogP contribution in [-0.4, -0.2) is 47.8 Å². The highest BCUT2D eigenvalue weighted by atomic mass is 16.5. The lowest BCUT2D eigenvalue weighted by Crippen LogP contribution is -2.48. The number of hydrogen-bond donors (Lipinski definition) is 1. The Hall–Kier alpha value is -0.610. The molecule has 0 radical (unpaired) electrons. The van der Waals surface area contributed by atoms with Gasteiger partial charge in [-0.05, 0) is 6.42 Å². The number of fused-ring (bicyclic) bond motifs is 2. The molecule has 4 nitrogen and oxygen atoms in total. The van der Waals surface area contributed by atoms with Gasteiger partial charge in [0.1, 0.15) is 6.04 Å². The van der Waals surface area contributed by atoms with Gasteiger partial charge in [-0.2, -0.15) is 0 Å². The maximum absolute atomic E-state index is 10.7. The Balaban J connectivity index is 2.15. The van der Waals surface area contributed by atoms with Crippen LogP contribution >= 0.6 is 0 Å². The van der Waals surface area contributed by atoms with Gasteiger partial charge in [0.25, 0.3) is 0 Å². The zero-order chi connectivity index (χ0) is 7.84. The Kier molecular flexibility index (Phi) is 1.58. The van der Waals surface area contributed by atoms with Gasteiger partial charge in [-0.15, -0.1) is 0 Å². The first-order valence-corrected chi connectivity index (χ1v) is 3.87. The third-order valence-corrected chi connectivity index (χ3v) is 2.41. The Morgan fingerprint density at radius 2 is 2.36 bits per heavy atom. The van der Waals surface area contributed by atoms with Gasteiger partial charge < -0.3 is 9.84 Å². The smallest absolute Gasteiger partial charge is 0.323 e. The number of carboxylic acid groups (broad SMARTS) is 1. The summed E-state index contributed by atoms with van der Waals surface area (Å²) in [4.78, 5) is 12.7. The SMILES string of the molecule is O=C(O)[C@@H]1[C@@H]2CCN1CCO2. The summed E-state index contributed by atoms with van der Waals surface area (Å²) in [5, 5.41) is 8.80. The van der Waals surface area contributed by atoms with E-state index in [1.807, 2.05) is 4.90 Å². The second kappa shape index (κ2) is 2.46. The highest BCUT2D eigenvalue weighted by Crippen LogP contribution is 2.24. The summed E-state index contributed by atoms with van der Waals surface area (Å²) < 4.78 is 5.32. The number of hydrogen-bond acceptors (Lipinski definition) is 3. The lowest BCUT2D eigenvalue weighted by Gasteiger charge is -2.29. The molecule has 0 aromatic carbocycles. The monoisotopic (exact) mass is 157 g/mol. The molecule has 0 aliphatic carbocycles. The van der Waals surface area contributed by atoms with Gasteiger partial charge in [-0.1, -0.05) is 0 Å². The van der Waals surface area contributed by atoms with Crippen molar-refractivity contribution in [1.29, 1.82) is 0 Å². The Morgan fingerprint density at radius 1 is 1.55 bits per heavy atom. The zero-order valence-corrected chi connectivity index (χ0v) is 6.19. The summed E-state index contributed by atoms with van der Waals surface area (Å²) >= 11 is 0. The average molecular weight is 157 g/mol. The zero-order valence-electron chi connectivity index (χ0n) is 6.19. The molecule has 11 heavy (non-hydrogen) atoms. The second-order valence-electron chi connectivity index (χ2n) is 3.02. The molecule has 3 atom stereocenters. The molecular weight excluding hydrogens is 146 g/mol. The summed E-state index contributed by atoms with van der Waals surface area (Å²) in [5.74, 6) is -0.743. The van der Waals surface area contributed by atoms with Crippen molar-refractivity contribution in [3.05, 3.63) is 0 Å². The molecule has 2 bridgehead atoms. The van der Waals surface area contributed by atoms with Crippen LogP contribution in [-0.2, 0) is 9.53 Å². The van der Waals surface area contributed by atoms with Crippen LogP contribution in [0, 0.1) is 0 Å². The molecule has 0 aromatic heterocycles. The van der Waals surface area contributed by atoms with Crippen LogP contribution in [0.1, 0.15) is 6.42 Å². The predicted molar refractivity (Wildman–Crippen MR) is 37.4 cm³/mol. The van der Waals surface area contributed by atoms with E-state index in [0.29, 0.717) is 6.61 Å². The quantitative estimate of drug-likeness (QED) is 0.559. The Morgan fingerprint density at radius 3 is 2.91 bits per heavy atom. The average Bonchev–Trinajstić information content (AvgIpc) is 2.23. The third-order valence-electron chi connectivity index (χ3n) is 2.41.